The molecule has 0 atom stereocenters. The van der Waals surface area contributed by atoms with Crippen LogP contribution in [-0.2, 0) is 0 Å². The first-order valence-electron chi connectivity index (χ1n) is 10.3. The number of aromatic nitrogens is 2. The number of amides is 1. The van der Waals surface area contributed by atoms with Crippen LogP contribution in [0.1, 0.15) is 41.7 Å². The molecule has 1 saturated carbocycles. The molecule has 1 aliphatic carbocycles. The minimum absolute atomic E-state index is 0.0102. The summed E-state index contributed by atoms with van der Waals surface area (Å²) in [7, 11) is 3.97. The van der Waals surface area contributed by atoms with E-state index in [0.29, 0.717) is 17.3 Å². The Morgan fingerprint density at radius 1 is 1.10 bits per heavy atom. The zero-order chi connectivity index (χ0) is 21.1. The van der Waals surface area contributed by atoms with E-state index in [0.717, 1.165) is 42.8 Å². The molecule has 1 fully saturated rings. The van der Waals surface area contributed by atoms with E-state index in [2.05, 4.69) is 21.7 Å². The number of nitriles is 1. The van der Waals surface area contributed by atoms with E-state index in [1.165, 1.54) is 0 Å². The second kappa shape index (κ2) is 8.46. The predicted octanol–water partition coefficient (Wildman–Crippen LogP) is 3.43. The van der Waals surface area contributed by atoms with Crippen molar-refractivity contribution < 1.29 is 4.79 Å². The highest BCUT2D eigenvalue weighted by Crippen LogP contribution is 2.24. The molecule has 1 amide bonds. The summed E-state index contributed by atoms with van der Waals surface area (Å²) in [5.74, 6) is 0.930. The molecule has 0 bridgehead atoms. The number of benzene rings is 1. The largest absolute Gasteiger partial charge is 0.378 e. The van der Waals surface area contributed by atoms with Crippen LogP contribution < -0.4 is 15.5 Å². The maximum Gasteiger partial charge on any atom is 0.251 e. The van der Waals surface area contributed by atoms with Crippen LogP contribution in [0.4, 0.5) is 11.5 Å². The van der Waals surface area contributed by atoms with Crippen molar-refractivity contribution >= 4 is 23.1 Å². The second-order valence-corrected chi connectivity index (χ2v) is 7.98. The van der Waals surface area contributed by atoms with Crippen LogP contribution in [0.2, 0.25) is 0 Å². The second-order valence-electron chi connectivity index (χ2n) is 7.98. The average molecular weight is 403 g/mol. The number of fused-ring (bicyclic) bond motifs is 1. The van der Waals surface area contributed by atoms with E-state index in [1.54, 1.807) is 6.20 Å². The van der Waals surface area contributed by atoms with Crippen LogP contribution in [0, 0.1) is 11.3 Å². The summed E-state index contributed by atoms with van der Waals surface area (Å²) in [6.45, 7) is 0. The fourth-order valence-electron chi connectivity index (χ4n) is 3.95. The molecule has 0 radical (unpaired) electrons. The highest BCUT2D eigenvalue weighted by molar-refractivity contribution is 5.94. The lowest BCUT2D eigenvalue weighted by Gasteiger charge is -2.30. The molecule has 0 saturated heterocycles. The van der Waals surface area contributed by atoms with Gasteiger partial charge in [0.25, 0.3) is 5.91 Å². The first kappa shape index (κ1) is 19.8. The average Bonchev–Trinajstić information content (AvgIpc) is 3.20. The Balaban J connectivity index is 1.32. The molecule has 1 aromatic carbocycles. The fraction of sp³-hybridized carbons (Fsp3) is 0.348. The minimum atomic E-state index is -0.0102. The molecule has 0 aliphatic heterocycles. The quantitative estimate of drug-likeness (QED) is 0.683. The van der Waals surface area contributed by atoms with Crippen molar-refractivity contribution in [1.29, 1.82) is 5.26 Å². The molecule has 0 unspecified atom stereocenters. The number of nitrogens with zero attached hydrogens (tertiary/aromatic N) is 4. The van der Waals surface area contributed by atoms with Gasteiger partial charge < -0.3 is 15.5 Å². The number of imidazole rings is 1. The molecule has 4 rings (SSSR count). The molecule has 7 nitrogen and oxygen atoms in total. The number of anilines is 2. The van der Waals surface area contributed by atoms with Gasteiger partial charge in [-0.15, -0.1) is 0 Å². The van der Waals surface area contributed by atoms with Gasteiger partial charge in [-0.3, -0.25) is 9.20 Å². The number of rotatable bonds is 5. The molecule has 3 aromatic rings. The Labute approximate surface area is 176 Å². The normalized spacial score (nSPS) is 18.6. The number of nitrogens with one attached hydrogen (secondary N) is 2. The van der Waals surface area contributed by atoms with Gasteiger partial charge in [0.2, 0.25) is 0 Å². The molecule has 2 aromatic heterocycles. The van der Waals surface area contributed by atoms with Crippen LogP contribution in [-0.4, -0.2) is 41.5 Å². The molecular weight excluding hydrogens is 376 g/mol. The zero-order valence-electron chi connectivity index (χ0n) is 17.3. The van der Waals surface area contributed by atoms with Crippen LogP contribution in [0.25, 0.3) is 5.65 Å². The predicted molar refractivity (Wildman–Crippen MR) is 118 cm³/mol. The SMILES string of the molecule is CN(C)c1ccc(C(=O)NC2CCC(Nc3cccc4nc(C#N)cn34)CC2)cc1. The Morgan fingerprint density at radius 2 is 1.80 bits per heavy atom. The summed E-state index contributed by atoms with van der Waals surface area (Å²) in [5, 5.41) is 15.8. The van der Waals surface area contributed by atoms with Crippen LogP contribution in [0.3, 0.4) is 0 Å². The highest BCUT2D eigenvalue weighted by Gasteiger charge is 2.23. The Morgan fingerprint density at radius 3 is 2.47 bits per heavy atom. The standard InChI is InChI=1S/C23H26N6O/c1-28(2)20-12-6-16(7-13-20)23(30)27-18-10-8-17(9-11-18)25-21-4-3-5-22-26-19(14-24)15-29(21)22/h3-7,12-13,15,17-18,25H,8-11H2,1-2H3,(H,27,30). The van der Waals surface area contributed by atoms with Crippen molar-refractivity contribution in [3.8, 4) is 6.07 Å². The Bertz CT molecular complexity index is 1070. The molecule has 7 heteroatoms. The van der Waals surface area contributed by atoms with Gasteiger partial charge in [-0.25, -0.2) is 4.98 Å². The van der Waals surface area contributed by atoms with Gasteiger partial charge in [-0.2, -0.15) is 5.26 Å². The van der Waals surface area contributed by atoms with Crippen LogP contribution >= 0.6 is 0 Å². The molecule has 30 heavy (non-hydrogen) atoms. The number of hydrogen-bond acceptors (Lipinski definition) is 5. The van der Waals surface area contributed by atoms with Crippen molar-refractivity contribution in [2.24, 2.45) is 0 Å². The third kappa shape index (κ3) is 4.23. The molecule has 154 valence electrons. The van der Waals surface area contributed by atoms with Gasteiger partial charge >= 0.3 is 0 Å². The molecule has 2 N–H and O–H groups in total. The summed E-state index contributed by atoms with van der Waals surface area (Å²) in [6.07, 6.45) is 5.57. The third-order valence-corrected chi connectivity index (χ3v) is 5.67. The van der Waals surface area contributed by atoms with Crippen molar-refractivity contribution in [3.05, 3.63) is 59.9 Å². The van der Waals surface area contributed by atoms with Gasteiger partial charge in [0, 0.05) is 43.6 Å². The lowest BCUT2D eigenvalue weighted by molar-refractivity contribution is 0.0926. The van der Waals surface area contributed by atoms with E-state index in [1.807, 2.05) is 65.9 Å². The summed E-state index contributed by atoms with van der Waals surface area (Å²) >= 11 is 0. The van der Waals surface area contributed by atoms with Crippen LogP contribution in [0.15, 0.2) is 48.7 Å². The maximum absolute atomic E-state index is 12.6. The topological polar surface area (TPSA) is 85.5 Å². The van der Waals surface area contributed by atoms with Crippen molar-refractivity contribution in [1.82, 2.24) is 14.7 Å². The summed E-state index contributed by atoms with van der Waals surface area (Å²) in [6, 6.07) is 16.1. The third-order valence-electron chi connectivity index (χ3n) is 5.67. The Hall–Kier alpha value is -3.53. The number of carbonyl (C=O) groups excluding carboxylic acids is 1. The van der Waals surface area contributed by atoms with Gasteiger partial charge in [0.15, 0.2) is 5.69 Å². The first-order valence-corrected chi connectivity index (χ1v) is 10.3. The minimum Gasteiger partial charge on any atom is -0.378 e. The van der Waals surface area contributed by atoms with E-state index < -0.39 is 0 Å². The van der Waals surface area contributed by atoms with Crippen molar-refractivity contribution in [3.63, 3.8) is 0 Å². The summed E-state index contributed by atoms with van der Waals surface area (Å²) in [4.78, 5) is 18.9. The summed E-state index contributed by atoms with van der Waals surface area (Å²) < 4.78 is 1.92. The van der Waals surface area contributed by atoms with Gasteiger partial charge in [-0.05, 0) is 62.1 Å². The number of hydrogen-bond donors (Lipinski definition) is 2. The van der Waals surface area contributed by atoms with Crippen molar-refractivity contribution in [2.45, 2.75) is 37.8 Å². The molecule has 0 spiro atoms. The van der Waals surface area contributed by atoms with E-state index >= 15 is 0 Å². The lowest BCUT2D eigenvalue weighted by Crippen LogP contribution is -2.40. The van der Waals surface area contributed by atoms with Gasteiger partial charge in [-0.1, -0.05) is 6.07 Å². The monoisotopic (exact) mass is 402 g/mol. The fourth-order valence-corrected chi connectivity index (χ4v) is 3.95. The lowest BCUT2D eigenvalue weighted by atomic mass is 9.91. The molecule has 1 aliphatic rings. The number of pyridine rings is 1. The van der Waals surface area contributed by atoms with E-state index in [4.69, 9.17) is 5.26 Å². The van der Waals surface area contributed by atoms with E-state index in [-0.39, 0.29) is 11.9 Å². The number of carbonyl (C=O) groups is 1. The first-order chi connectivity index (χ1) is 14.5. The van der Waals surface area contributed by atoms with Crippen LogP contribution in [0.5, 0.6) is 0 Å². The van der Waals surface area contributed by atoms with Gasteiger partial charge in [0.1, 0.15) is 17.5 Å². The smallest absolute Gasteiger partial charge is 0.251 e. The molecular formula is C23H26N6O. The Kier molecular flexibility index (Phi) is 5.57. The molecule has 2 heterocycles. The summed E-state index contributed by atoms with van der Waals surface area (Å²) in [5.41, 5.74) is 2.95. The zero-order valence-corrected chi connectivity index (χ0v) is 17.3. The highest BCUT2D eigenvalue weighted by atomic mass is 16.1. The van der Waals surface area contributed by atoms with Crippen molar-refractivity contribution in [2.75, 3.05) is 24.3 Å². The van der Waals surface area contributed by atoms with E-state index in [9.17, 15) is 4.79 Å². The maximum atomic E-state index is 12.6. The van der Waals surface area contributed by atoms with Gasteiger partial charge in [0.05, 0.1) is 0 Å².